The van der Waals surface area contributed by atoms with Gasteiger partial charge in [0, 0.05) is 26.7 Å². The second-order valence-electron chi connectivity index (χ2n) is 3.65. The maximum absolute atomic E-state index is 12.9. The normalized spacial score (nSPS) is 10.3. The molecule has 0 spiro atoms. The van der Waals surface area contributed by atoms with E-state index in [1.54, 1.807) is 0 Å². The summed E-state index contributed by atoms with van der Waals surface area (Å²) in [6.45, 7) is -0.294. The maximum Gasteiger partial charge on any atom is 0.492 e. The fraction of sp³-hybridized carbons (Fsp3) is 0.100. The van der Waals surface area contributed by atoms with Crippen LogP contribution < -0.4 is 5.32 Å². The number of nitrogens with zero attached hydrogens (tertiary/aromatic N) is 4. The zero-order chi connectivity index (χ0) is 14.7. The lowest BCUT2D eigenvalue weighted by molar-refractivity contribution is -0.394. The molecule has 1 aromatic carbocycles. The molecule has 2 rings (SSSR count). The van der Waals surface area contributed by atoms with Crippen LogP contribution in [0.25, 0.3) is 0 Å². The number of carbonyl (C=O) groups excluding carboxylic acids is 1. The Kier molecular flexibility index (Phi) is 4.03. The zero-order valence-corrected chi connectivity index (χ0v) is 11.4. The van der Waals surface area contributed by atoms with Gasteiger partial charge in [-0.25, -0.2) is 4.39 Å². The van der Waals surface area contributed by atoms with Crippen LogP contribution in [0.1, 0.15) is 0 Å². The van der Waals surface area contributed by atoms with Gasteiger partial charge in [-0.2, -0.15) is 4.68 Å². The van der Waals surface area contributed by atoms with Gasteiger partial charge in [0.15, 0.2) is 0 Å². The van der Waals surface area contributed by atoms with Crippen molar-refractivity contribution in [3.8, 4) is 0 Å². The van der Waals surface area contributed by atoms with Gasteiger partial charge in [-0.05, 0) is 28.1 Å². The molecule has 10 heteroatoms. The second kappa shape index (κ2) is 5.74. The Balaban J connectivity index is 2.06. The van der Waals surface area contributed by atoms with Crippen molar-refractivity contribution >= 4 is 33.5 Å². The summed E-state index contributed by atoms with van der Waals surface area (Å²) in [7, 11) is 0. The van der Waals surface area contributed by atoms with Gasteiger partial charge in [0.1, 0.15) is 12.4 Å². The standard InChI is InChI=1S/C10H7BrFN5O3/c11-9-14-10(17(19)20)15-16(9)5-8(18)13-7-3-1-2-6(12)4-7/h1-4H,5H2,(H,13,18). The summed E-state index contributed by atoms with van der Waals surface area (Å²) in [4.78, 5) is 24.9. The molecule has 0 aliphatic heterocycles. The molecular weight excluding hydrogens is 337 g/mol. The number of amides is 1. The van der Waals surface area contributed by atoms with Crippen LogP contribution in [0.2, 0.25) is 0 Å². The zero-order valence-electron chi connectivity index (χ0n) is 9.79. The number of halogens is 2. The van der Waals surface area contributed by atoms with E-state index in [9.17, 15) is 19.3 Å². The Morgan fingerprint density at radius 3 is 2.90 bits per heavy atom. The molecule has 1 aromatic heterocycles. The van der Waals surface area contributed by atoms with Crippen molar-refractivity contribution in [1.82, 2.24) is 14.8 Å². The third-order valence-electron chi connectivity index (χ3n) is 2.18. The topological polar surface area (TPSA) is 103 Å². The number of anilines is 1. The molecule has 1 heterocycles. The predicted molar refractivity (Wildman–Crippen MR) is 69.4 cm³/mol. The minimum Gasteiger partial charge on any atom is -0.390 e. The van der Waals surface area contributed by atoms with Crippen LogP contribution in [0.3, 0.4) is 0 Å². The number of aromatic nitrogens is 3. The lowest BCUT2D eigenvalue weighted by Gasteiger charge is -2.03. The molecule has 0 bridgehead atoms. The number of nitrogens with one attached hydrogen (secondary N) is 1. The number of carbonyl (C=O) groups is 1. The number of hydrogen-bond donors (Lipinski definition) is 1. The quantitative estimate of drug-likeness (QED) is 0.672. The predicted octanol–water partition coefficient (Wildman–Crippen LogP) is 1.73. The van der Waals surface area contributed by atoms with E-state index in [-0.39, 0.29) is 17.0 Å². The van der Waals surface area contributed by atoms with Crippen LogP contribution in [0.4, 0.5) is 16.0 Å². The first-order valence-corrected chi connectivity index (χ1v) is 6.05. The van der Waals surface area contributed by atoms with Gasteiger partial charge in [-0.15, -0.1) is 0 Å². The van der Waals surface area contributed by atoms with Crippen molar-refractivity contribution in [2.75, 3.05) is 5.32 Å². The molecule has 0 aliphatic carbocycles. The highest BCUT2D eigenvalue weighted by atomic mass is 79.9. The third kappa shape index (κ3) is 3.35. The first-order valence-electron chi connectivity index (χ1n) is 5.26. The molecule has 1 N–H and O–H groups in total. The fourth-order valence-corrected chi connectivity index (χ4v) is 1.76. The molecule has 2 aromatic rings. The summed E-state index contributed by atoms with van der Waals surface area (Å²) < 4.78 is 14.0. The molecule has 0 saturated carbocycles. The van der Waals surface area contributed by atoms with E-state index < -0.39 is 22.6 Å². The minimum atomic E-state index is -0.772. The summed E-state index contributed by atoms with van der Waals surface area (Å²) in [5, 5.41) is 16.5. The number of benzene rings is 1. The summed E-state index contributed by atoms with van der Waals surface area (Å²) in [6, 6.07) is 5.35. The molecular formula is C10H7BrFN5O3. The molecule has 0 fully saturated rings. The van der Waals surface area contributed by atoms with E-state index in [4.69, 9.17) is 0 Å². The van der Waals surface area contributed by atoms with Crippen LogP contribution in [0, 0.1) is 15.9 Å². The molecule has 0 atom stereocenters. The highest BCUT2D eigenvalue weighted by molar-refractivity contribution is 9.10. The van der Waals surface area contributed by atoms with E-state index in [0.29, 0.717) is 0 Å². The molecule has 1 amide bonds. The summed E-state index contributed by atoms with van der Waals surface area (Å²) in [5.41, 5.74) is 0.278. The third-order valence-corrected chi connectivity index (χ3v) is 2.77. The van der Waals surface area contributed by atoms with Crippen molar-refractivity contribution in [2.45, 2.75) is 6.54 Å². The largest absolute Gasteiger partial charge is 0.492 e. The Labute approximate surface area is 119 Å². The number of rotatable bonds is 4. The summed E-state index contributed by atoms with van der Waals surface area (Å²) >= 11 is 2.96. The van der Waals surface area contributed by atoms with Crippen molar-refractivity contribution in [3.05, 3.63) is 44.9 Å². The Bertz CT molecular complexity index is 675. The van der Waals surface area contributed by atoms with Crippen LogP contribution in [0.5, 0.6) is 0 Å². The van der Waals surface area contributed by atoms with Crippen molar-refractivity contribution in [2.24, 2.45) is 0 Å². The van der Waals surface area contributed by atoms with Crippen molar-refractivity contribution in [3.63, 3.8) is 0 Å². The summed E-state index contributed by atoms with van der Waals surface area (Å²) in [6.07, 6.45) is 0. The average Bonchev–Trinajstić information content (AvgIpc) is 2.71. The van der Waals surface area contributed by atoms with Gasteiger partial charge in [-0.1, -0.05) is 6.07 Å². The Morgan fingerprint density at radius 2 is 2.30 bits per heavy atom. The molecule has 8 nitrogen and oxygen atoms in total. The fourth-order valence-electron chi connectivity index (χ4n) is 1.39. The highest BCUT2D eigenvalue weighted by Gasteiger charge is 2.21. The highest BCUT2D eigenvalue weighted by Crippen LogP contribution is 2.13. The molecule has 104 valence electrons. The first kappa shape index (κ1) is 14.1. The van der Waals surface area contributed by atoms with Gasteiger partial charge in [0.2, 0.25) is 5.91 Å². The van der Waals surface area contributed by atoms with E-state index in [1.165, 1.54) is 18.2 Å². The molecule has 0 radical (unpaired) electrons. The number of hydrogen-bond acceptors (Lipinski definition) is 5. The van der Waals surface area contributed by atoms with E-state index in [2.05, 4.69) is 31.3 Å². The van der Waals surface area contributed by atoms with Crippen molar-refractivity contribution < 1.29 is 14.1 Å². The van der Waals surface area contributed by atoms with Crippen LogP contribution in [0.15, 0.2) is 29.0 Å². The smallest absolute Gasteiger partial charge is 0.390 e. The van der Waals surface area contributed by atoms with Gasteiger partial charge in [0.05, 0.1) is 0 Å². The molecule has 0 saturated heterocycles. The summed E-state index contributed by atoms with van der Waals surface area (Å²) in [5.74, 6) is -1.62. The average molecular weight is 344 g/mol. The van der Waals surface area contributed by atoms with E-state index >= 15 is 0 Å². The van der Waals surface area contributed by atoms with Crippen LogP contribution >= 0.6 is 15.9 Å². The lowest BCUT2D eigenvalue weighted by Crippen LogP contribution is -2.19. The maximum atomic E-state index is 12.9. The molecule has 0 aliphatic rings. The van der Waals surface area contributed by atoms with E-state index in [0.717, 1.165) is 10.7 Å². The van der Waals surface area contributed by atoms with Gasteiger partial charge in [0.25, 0.3) is 4.73 Å². The molecule has 20 heavy (non-hydrogen) atoms. The van der Waals surface area contributed by atoms with Crippen LogP contribution in [-0.2, 0) is 11.3 Å². The molecule has 0 unspecified atom stereocenters. The monoisotopic (exact) mass is 343 g/mol. The van der Waals surface area contributed by atoms with Gasteiger partial charge >= 0.3 is 5.95 Å². The minimum absolute atomic E-state index is 0.0543. The van der Waals surface area contributed by atoms with Gasteiger partial charge in [-0.3, -0.25) is 4.79 Å². The first-order chi connectivity index (χ1) is 9.45. The Hall–Kier alpha value is -2.36. The lowest BCUT2D eigenvalue weighted by atomic mass is 10.3. The van der Waals surface area contributed by atoms with Crippen LogP contribution in [-0.4, -0.2) is 25.6 Å². The Morgan fingerprint density at radius 1 is 1.55 bits per heavy atom. The second-order valence-corrected chi connectivity index (χ2v) is 4.36. The SMILES string of the molecule is O=C(Cn1nc([N+](=O)[O-])nc1Br)Nc1cccc(F)c1. The van der Waals surface area contributed by atoms with Gasteiger partial charge < -0.3 is 15.4 Å². The van der Waals surface area contributed by atoms with E-state index in [1.807, 2.05) is 0 Å². The number of nitro groups is 1. The van der Waals surface area contributed by atoms with Crippen molar-refractivity contribution in [1.29, 1.82) is 0 Å².